The van der Waals surface area contributed by atoms with E-state index in [-0.39, 0.29) is 0 Å². The minimum atomic E-state index is -0.875. The van der Waals surface area contributed by atoms with Crippen LogP contribution < -0.4 is 0 Å². The zero-order chi connectivity index (χ0) is 9.14. The molecule has 0 unspecified atom stereocenters. The minimum absolute atomic E-state index is 0.500. The van der Waals surface area contributed by atoms with Crippen LogP contribution in [-0.2, 0) is 4.79 Å². The Morgan fingerprint density at radius 2 is 2.42 bits per heavy atom. The molecule has 0 radical (unpaired) electrons. The number of carbonyl (C=O) groups excluding carboxylic acids is 1. The molecule has 66 valence electrons. The summed E-state index contributed by atoms with van der Waals surface area (Å²) in [5.74, 6) is -1.46. The van der Waals surface area contributed by atoms with Crippen LogP contribution in [0.15, 0.2) is 22.1 Å². The lowest BCUT2D eigenvalue weighted by atomic mass is 10.2. The maximum atomic E-state index is 12.4. The van der Waals surface area contributed by atoms with E-state index in [1.165, 1.54) is 8.48 Å². The van der Waals surface area contributed by atoms with E-state index in [0.717, 1.165) is 6.42 Å². The summed E-state index contributed by atoms with van der Waals surface area (Å²) >= 11 is 2.21. The number of halogens is 2. The first-order valence-corrected chi connectivity index (χ1v) is 4.67. The molecule has 0 aromatic carbocycles. The molecule has 0 atom stereocenters. The summed E-state index contributed by atoms with van der Waals surface area (Å²) in [6.07, 6.45) is 2.74. The van der Waals surface area contributed by atoms with Gasteiger partial charge in [0.1, 0.15) is 0 Å². The molecule has 0 saturated carbocycles. The van der Waals surface area contributed by atoms with Gasteiger partial charge in [-0.05, 0) is 32.6 Å². The predicted octanol–water partition coefficient (Wildman–Crippen LogP) is 2.02. The molecular weight excluding hydrogens is 272 g/mol. The van der Waals surface area contributed by atoms with E-state index < -0.39 is 11.7 Å². The Labute approximate surface area is 84.3 Å². The van der Waals surface area contributed by atoms with Gasteiger partial charge in [-0.2, -0.15) is 0 Å². The summed E-state index contributed by atoms with van der Waals surface area (Å²) in [5, 5.41) is 0. The van der Waals surface area contributed by atoms with Crippen molar-refractivity contribution in [3.63, 3.8) is 0 Å². The Hall–Kier alpha value is -0.390. The molecule has 0 saturated heterocycles. The van der Waals surface area contributed by atoms with Gasteiger partial charge in [-0.25, -0.2) is 4.39 Å². The van der Waals surface area contributed by atoms with Gasteiger partial charge in [-0.3, -0.25) is 4.79 Å². The molecule has 0 N–H and O–H groups in total. The van der Waals surface area contributed by atoms with Gasteiger partial charge in [0.25, 0.3) is 5.91 Å². The number of amides is 1. The van der Waals surface area contributed by atoms with E-state index in [4.69, 9.17) is 0 Å². The number of rotatable bonds is 1. The Balaban J connectivity index is 2.57. The molecule has 1 amide bonds. The second kappa shape index (κ2) is 4.02. The third kappa shape index (κ3) is 2.30. The normalized spacial score (nSPS) is 17.2. The van der Waals surface area contributed by atoms with E-state index >= 15 is 0 Å². The SMILES string of the molecule is C=C(F)C(=O)N1CC=C(I)CC1. The topological polar surface area (TPSA) is 20.3 Å². The first-order valence-electron chi connectivity index (χ1n) is 3.59. The Kier molecular flexibility index (Phi) is 3.25. The fourth-order valence-electron chi connectivity index (χ4n) is 1.00. The Morgan fingerprint density at radius 3 is 2.83 bits per heavy atom. The molecule has 1 heterocycles. The van der Waals surface area contributed by atoms with E-state index in [2.05, 4.69) is 29.2 Å². The highest BCUT2D eigenvalue weighted by Gasteiger charge is 2.18. The molecule has 4 heteroatoms. The van der Waals surface area contributed by atoms with Crippen molar-refractivity contribution < 1.29 is 9.18 Å². The van der Waals surface area contributed by atoms with Crippen LogP contribution in [0.3, 0.4) is 0 Å². The zero-order valence-corrected chi connectivity index (χ0v) is 8.67. The van der Waals surface area contributed by atoms with Crippen molar-refractivity contribution in [2.75, 3.05) is 13.1 Å². The largest absolute Gasteiger partial charge is 0.333 e. The van der Waals surface area contributed by atoms with Crippen LogP contribution in [0.2, 0.25) is 0 Å². The number of nitrogens with zero attached hydrogens (tertiary/aromatic N) is 1. The second-order valence-corrected chi connectivity index (χ2v) is 3.94. The lowest BCUT2D eigenvalue weighted by molar-refractivity contribution is -0.128. The van der Waals surface area contributed by atoms with Gasteiger partial charge in [-0.15, -0.1) is 0 Å². The lowest BCUT2D eigenvalue weighted by Crippen LogP contribution is -2.34. The molecule has 0 fully saturated rings. The zero-order valence-electron chi connectivity index (χ0n) is 6.52. The van der Waals surface area contributed by atoms with E-state index in [1.54, 1.807) is 0 Å². The van der Waals surface area contributed by atoms with Crippen LogP contribution in [0, 0.1) is 0 Å². The molecule has 0 aliphatic carbocycles. The van der Waals surface area contributed by atoms with Gasteiger partial charge in [0.2, 0.25) is 0 Å². The molecule has 0 spiro atoms. The van der Waals surface area contributed by atoms with Crippen molar-refractivity contribution in [1.29, 1.82) is 0 Å². The molecule has 1 aliphatic rings. The van der Waals surface area contributed by atoms with Gasteiger partial charge in [0.05, 0.1) is 0 Å². The first kappa shape index (κ1) is 9.70. The van der Waals surface area contributed by atoms with Gasteiger partial charge in [0.15, 0.2) is 5.83 Å². The second-order valence-electron chi connectivity index (χ2n) is 2.56. The van der Waals surface area contributed by atoms with Crippen molar-refractivity contribution in [2.24, 2.45) is 0 Å². The highest BCUT2D eigenvalue weighted by molar-refractivity contribution is 14.1. The van der Waals surface area contributed by atoms with Crippen molar-refractivity contribution in [1.82, 2.24) is 4.90 Å². The summed E-state index contributed by atoms with van der Waals surface area (Å²) in [4.78, 5) is 12.5. The van der Waals surface area contributed by atoms with Crippen molar-refractivity contribution in [3.05, 3.63) is 22.1 Å². The summed E-state index contributed by atoms with van der Waals surface area (Å²) in [5.41, 5.74) is 0. The van der Waals surface area contributed by atoms with E-state index in [1.807, 2.05) is 6.08 Å². The third-order valence-corrected chi connectivity index (χ3v) is 2.65. The molecular formula is C8H9FINO. The summed E-state index contributed by atoms with van der Waals surface area (Å²) in [6, 6.07) is 0. The Morgan fingerprint density at radius 1 is 1.75 bits per heavy atom. The minimum Gasteiger partial charge on any atom is -0.333 e. The van der Waals surface area contributed by atoms with E-state index in [9.17, 15) is 9.18 Å². The Bertz CT molecular complexity index is 249. The monoisotopic (exact) mass is 281 g/mol. The van der Waals surface area contributed by atoms with Crippen molar-refractivity contribution in [3.8, 4) is 0 Å². The summed E-state index contributed by atoms with van der Waals surface area (Å²) in [6.45, 7) is 4.06. The van der Waals surface area contributed by atoms with Crippen molar-refractivity contribution >= 4 is 28.5 Å². The van der Waals surface area contributed by atoms with Crippen LogP contribution in [0.4, 0.5) is 4.39 Å². The average Bonchev–Trinajstić information content (AvgIpc) is 2.04. The fraction of sp³-hybridized carbons (Fsp3) is 0.375. The molecule has 1 aliphatic heterocycles. The fourth-order valence-corrected chi connectivity index (χ4v) is 1.44. The average molecular weight is 281 g/mol. The maximum Gasteiger partial charge on any atom is 0.282 e. The number of hydrogen-bond donors (Lipinski definition) is 0. The first-order chi connectivity index (χ1) is 5.61. The maximum absolute atomic E-state index is 12.4. The van der Waals surface area contributed by atoms with Gasteiger partial charge < -0.3 is 4.90 Å². The van der Waals surface area contributed by atoms with Gasteiger partial charge >= 0.3 is 0 Å². The molecule has 12 heavy (non-hydrogen) atoms. The molecule has 1 rings (SSSR count). The highest BCUT2D eigenvalue weighted by Crippen LogP contribution is 2.17. The van der Waals surface area contributed by atoms with Crippen LogP contribution in [0.1, 0.15) is 6.42 Å². The molecule has 0 aromatic heterocycles. The lowest BCUT2D eigenvalue weighted by Gasteiger charge is -2.23. The van der Waals surface area contributed by atoms with Crippen LogP contribution in [-0.4, -0.2) is 23.9 Å². The van der Waals surface area contributed by atoms with Crippen LogP contribution >= 0.6 is 22.6 Å². The molecule has 2 nitrogen and oxygen atoms in total. The summed E-state index contributed by atoms with van der Waals surface area (Å²) in [7, 11) is 0. The standard InChI is InChI=1S/C8H9FINO/c1-6(9)8(12)11-4-2-7(10)3-5-11/h2H,1,3-5H2. The van der Waals surface area contributed by atoms with Crippen molar-refractivity contribution in [2.45, 2.75) is 6.42 Å². The molecule has 0 bridgehead atoms. The highest BCUT2D eigenvalue weighted by atomic mass is 127. The molecule has 0 aromatic rings. The van der Waals surface area contributed by atoms with Gasteiger partial charge in [-0.1, -0.05) is 12.7 Å². The number of carbonyl (C=O) groups is 1. The third-order valence-electron chi connectivity index (χ3n) is 1.67. The predicted molar refractivity (Wildman–Crippen MR) is 53.5 cm³/mol. The van der Waals surface area contributed by atoms with Crippen LogP contribution in [0.25, 0.3) is 0 Å². The van der Waals surface area contributed by atoms with Crippen LogP contribution in [0.5, 0.6) is 0 Å². The van der Waals surface area contributed by atoms with E-state index in [0.29, 0.717) is 13.1 Å². The number of hydrogen-bond acceptors (Lipinski definition) is 1. The quantitative estimate of drug-likeness (QED) is 0.532. The summed E-state index contributed by atoms with van der Waals surface area (Å²) < 4.78 is 13.6. The van der Waals surface area contributed by atoms with Gasteiger partial charge in [0, 0.05) is 13.1 Å². The smallest absolute Gasteiger partial charge is 0.282 e.